The molecule has 0 aliphatic rings. The van der Waals surface area contributed by atoms with E-state index in [0.29, 0.717) is 0 Å². The second-order valence-electron chi connectivity index (χ2n) is 3.15. The second kappa shape index (κ2) is 4.38. The summed E-state index contributed by atoms with van der Waals surface area (Å²) in [4.78, 5) is 0. The summed E-state index contributed by atoms with van der Waals surface area (Å²) in [5, 5.41) is 0. The Balaban J connectivity index is 0.00000144. The van der Waals surface area contributed by atoms with Crippen LogP contribution >= 0.6 is 12.4 Å². The molecule has 0 heterocycles. The molecule has 3 heteroatoms. The lowest BCUT2D eigenvalue weighted by atomic mass is 9.99. The van der Waals surface area contributed by atoms with Crippen LogP contribution in [-0.2, 0) is 6.42 Å². The quantitative estimate of drug-likeness (QED) is 0.685. The van der Waals surface area contributed by atoms with E-state index in [-0.39, 0.29) is 12.4 Å². The molecular formula is C10H17ClN2. The van der Waals surface area contributed by atoms with E-state index in [1.807, 2.05) is 19.9 Å². The van der Waals surface area contributed by atoms with Crippen LogP contribution in [0.15, 0.2) is 6.07 Å². The fourth-order valence-corrected chi connectivity index (χ4v) is 1.49. The average Bonchev–Trinajstić information content (AvgIpc) is 2.02. The number of benzene rings is 1. The molecule has 0 bridgehead atoms. The van der Waals surface area contributed by atoms with Crippen molar-refractivity contribution in [1.82, 2.24) is 0 Å². The van der Waals surface area contributed by atoms with Crippen LogP contribution in [0.25, 0.3) is 0 Å². The van der Waals surface area contributed by atoms with Crippen molar-refractivity contribution >= 4 is 23.8 Å². The highest BCUT2D eigenvalue weighted by atomic mass is 35.5. The van der Waals surface area contributed by atoms with Crippen LogP contribution in [0, 0.1) is 13.8 Å². The lowest BCUT2D eigenvalue weighted by Gasteiger charge is -2.12. The van der Waals surface area contributed by atoms with Crippen molar-refractivity contribution < 1.29 is 0 Å². The summed E-state index contributed by atoms with van der Waals surface area (Å²) in [7, 11) is 0. The van der Waals surface area contributed by atoms with Gasteiger partial charge in [-0.1, -0.05) is 6.92 Å². The molecule has 0 radical (unpaired) electrons. The first kappa shape index (κ1) is 12.1. The molecule has 0 aliphatic heterocycles. The number of hydrogen-bond acceptors (Lipinski definition) is 2. The minimum Gasteiger partial charge on any atom is -0.398 e. The number of nitrogens with two attached hydrogens (primary N) is 2. The van der Waals surface area contributed by atoms with Crippen molar-refractivity contribution in [2.45, 2.75) is 27.2 Å². The van der Waals surface area contributed by atoms with Gasteiger partial charge >= 0.3 is 0 Å². The maximum absolute atomic E-state index is 5.91. The predicted molar refractivity (Wildman–Crippen MR) is 61.4 cm³/mol. The molecule has 74 valence electrons. The van der Waals surface area contributed by atoms with E-state index >= 15 is 0 Å². The van der Waals surface area contributed by atoms with Crippen molar-refractivity contribution in [3.05, 3.63) is 22.8 Å². The van der Waals surface area contributed by atoms with Crippen LogP contribution in [0.1, 0.15) is 23.6 Å². The molecule has 1 rings (SSSR count). The highest BCUT2D eigenvalue weighted by Crippen LogP contribution is 2.26. The predicted octanol–water partition coefficient (Wildman–Crippen LogP) is 2.45. The Morgan fingerprint density at radius 3 is 2.23 bits per heavy atom. The number of anilines is 2. The van der Waals surface area contributed by atoms with Crippen LogP contribution in [0.2, 0.25) is 0 Å². The summed E-state index contributed by atoms with van der Waals surface area (Å²) in [5.41, 5.74) is 16.8. The van der Waals surface area contributed by atoms with E-state index in [9.17, 15) is 0 Å². The fraction of sp³-hybridized carbons (Fsp3) is 0.400. The molecule has 0 spiro atoms. The first-order valence-corrected chi connectivity index (χ1v) is 4.22. The third-order valence-electron chi connectivity index (χ3n) is 2.36. The molecule has 0 aromatic heterocycles. The van der Waals surface area contributed by atoms with Gasteiger partial charge in [-0.15, -0.1) is 12.4 Å². The van der Waals surface area contributed by atoms with Crippen molar-refractivity contribution in [3.63, 3.8) is 0 Å². The third-order valence-corrected chi connectivity index (χ3v) is 2.36. The van der Waals surface area contributed by atoms with Crippen molar-refractivity contribution in [2.75, 3.05) is 11.5 Å². The van der Waals surface area contributed by atoms with Gasteiger partial charge in [-0.25, -0.2) is 0 Å². The van der Waals surface area contributed by atoms with E-state index in [2.05, 4.69) is 6.92 Å². The highest BCUT2D eigenvalue weighted by Gasteiger charge is 2.06. The van der Waals surface area contributed by atoms with Gasteiger partial charge in [0.05, 0.1) is 0 Å². The topological polar surface area (TPSA) is 52.0 Å². The summed E-state index contributed by atoms with van der Waals surface area (Å²) in [5.74, 6) is 0. The van der Waals surface area contributed by atoms with E-state index in [0.717, 1.165) is 28.9 Å². The van der Waals surface area contributed by atoms with Crippen LogP contribution in [-0.4, -0.2) is 0 Å². The average molecular weight is 201 g/mol. The molecule has 0 unspecified atom stereocenters. The van der Waals surface area contributed by atoms with E-state index in [1.165, 1.54) is 5.56 Å². The van der Waals surface area contributed by atoms with E-state index < -0.39 is 0 Å². The summed E-state index contributed by atoms with van der Waals surface area (Å²) in [6.07, 6.45) is 0.948. The molecule has 0 atom stereocenters. The first-order valence-electron chi connectivity index (χ1n) is 4.22. The van der Waals surface area contributed by atoms with Crippen LogP contribution in [0.3, 0.4) is 0 Å². The van der Waals surface area contributed by atoms with Crippen molar-refractivity contribution in [3.8, 4) is 0 Å². The zero-order valence-electron chi connectivity index (χ0n) is 8.35. The third kappa shape index (κ3) is 2.07. The minimum absolute atomic E-state index is 0. The summed E-state index contributed by atoms with van der Waals surface area (Å²) in [6, 6.07) is 1.93. The van der Waals surface area contributed by atoms with Gasteiger partial charge in [0, 0.05) is 11.4 Å². The normalized spacial score (nSPS) is 9.46. The van der Waals surface area contributed by atoms with Gasteiger partial charge in [-0.3, -0.25) is 0 Å². The van der Waals surface area contributed by atoms with Gasteiger partial charge in [0.2, 0.25) is 0 Å². The van der Waals surface area contributed by atoms with Crippen molar-refractivity contribution in [2.24, 2.45) is 0 Å². The maximum Gasteiger partial charge on any atom is 0.0380 e. The number of rotatable bonds is 1. The maximum atomic E-state index is 5.91. The fourth-order valence-electron chi connectivity index (χ4n) is 1.49. The molecule has 1 aromatic rings. The molecule has 2 nitrogen and oxygen atoms in total. The standard InChI is InChI=1S/C10H16N2.ClH/c1-4-8-7(3)9(11)5-6(2)10(8)12;/h5H,4,11-12H2,1-3H3;1H. The monoisotopic (exact) mass is 200 g/mol. The molecule has 0 fully saturated rings. The minimum atomic E-state index is 0. The van der Waals surface area contributed by atoms with Gasteiger partial charge in [0.15, 0.2) is 0 Å². The zero-order chi connectivity index (χ0) is 9.30. The molecule has 0 amide bonds. The molecule has 13 heavy (non-hydrogen) atoms. The Kier molecular flexibility index (Phi) is 4.08. The van der Waals surface area contributed by atoms with E-state index in [4.69, 9.17) is 11.5 Å². The molecule has 0 saturated carbocycles. The smallest absolute Gasteiger partial charge is 0.0380 e. The Morgan fingerprint density at radius 1 is 1.23 bits per heavy atom. The Bertz CT molecular complexity index is 282. The number of nitrogen functional groups attached to an aromatic ring is 2. The molecule has 0 aliphatic carbocycles. The van der Waals surface area contributed by atoms with Crippen LogP contribution < -0.4 is 11.5 Å². The number of aryl methyl sites for hydroxylation is 1. The van der Waals surface area contributed by atoms with Crippen molar-refractivity contribution in [1.29, 1.82) is 0 Å². The zero-order valence-corrected chi connectivity index (χ0v) is 9.16. The largest absolute Gasteiger partial charge is 0.398 e. The molecular weight excluding hydrogens is 184 g/mol. The molecule has 0 saturated heterocycles. The summed E-state index contributed by atoms with van der Waals surface area (Å²) in [6.45, 7) is 6.10. The second-order valence-corrected chi connectivity index (χ2v) is 3.15. The van der Waals surface area contributed by atoms with Gasteiger partial charge in [0.1, 0.15) is 0 Å². The highest BCUT2D eigenvalue weighted by molar-refractivity contribution is 5.85. The first-order chi connectivity index (χ1) is 5.57. The molecule has 1 aromatic carbocycles. The Morgan fingerprint density at radius 2 is 1.77 bits per heavy atom. The SMILES string of the molecule is CCc1c(C)c(N)cc(C)c1N.Cl. The lowest BCUT2D eigenvalue weighted by molar-refractivity contribution is 1.11. The van der Waals surface area contributed by atoms with Crippen LogP contribution in [0.4, 0.5) is 11.4 Å². The Labute approximate surface area is 85.7 Å². The lowest BCUT2D eigenvalue weighted by Crippen LogP contribution is -2.02. The Hall–Kier alpha value is -0.890. The van der Waals surface area contributed by atoms with Crippen LogP contribution in [0.5, 0.6) is 0 Å². The number of halogens is 1. The van der Waals surface area contributed by atoms with Gasteiger partial charge in [-0.2, -0.15) is 0 Å². The summed E-state index contributed by atoms with van der Waals surface area (Å²) < 4.78 is 0. The number of hydrogen-bond donors (Lipinski definition) is 2. The summed E-state index contributed by atoms with van der Waals surface area (Å²) >= 11 is 0. The van der Waals surface area contributed by atoms with Gasteiger partial charge < -0.3 is 11.5 Å². The molecule has 4 N–H and O–H groups in total. The van der Waals surface area contributed by atoms with E-state index in [1.54, 1.807) is 0 Å². The van der Waals surface area contributed by atoms with Gasteiger partial charge in [-0.05, 0) is 43.0 Å². The van der Waals surface area contributed by atoms with Gasteiger partial charge in [0.25, 0.3) is 0 Å².